The van der Waals surface area contributed by atoms with Crippen LogP contribution in [-0.4, -0.2) is 19.4 Å². The topological polar surface area (TPSA) is 12.9 Å². The highest BCUT2D eigenvalue weighted by Gasteiger charge is 2.61. The van der Waals surface area contributed by atoms with Crippen molar-refractivity contribution in [2.45, 2.75) is 18.6 Å². The Bertz CT molecular complexity index is 1360. The molecule has 2 aromatic heterocycles. The van der Waals surface area contributed by atoms with Crippen LogP contribution in [0.5, 0.6) is 0 Å². The van der Waals surface area contributed by atoms with E-state index < -0.39 is 0 Å². The van der Waals surface area contributed by atoms with Gasteiger partial charge in [0.15, 0.2) is 5.71 Å². The van der Waals surface area contributed by atoms with Crippen LogP contribution in [-0.2, 0) is 5.79 Å². The van der Waals surface area contributed by atoms with Crippen molar-refractivity contribution in [1.82, 2.24) is 9.13 Å². The fraction of sp³-hybridized carbons (Fsp3) is 0.136. The molecule has 6 aliphatic rings. The van der Waals surface area contributed by atoms with Crippen molar-refractivity contribution < 1.29 is 4.58 Å². The quantitative estimate of drug-likeness (QED) is 0.606. The first-order valence-electron chi connectivity index (χ1n) is 8.99. The second-order valence-electron chi connectivity index (χ2n) is 7.67. The van der Waals surface area contributed by atoms with E-state index in [-0.39, 0.29) is 5.79 Å². The fourth-order valence-corrected chi connectivity index (χ4v) is 5.87. The Labute approximate surface area is 143 Å². The molecule has 25 heavy (non-hydrogen) atoms. The van der Waals surface area contributed by atoms with E-state index in [1.54, 1.807) is 0 Å². The molecule has 3 nitrogen and oxygen atoms in total. The highest BCUT2D eigenvalue weighted by Crippen LogP contribution is 2.47. The second kappa shape index (κ2) is 3.21. The molecule has 0 amide bonds. The molecule has 0 fully saturated rings. The van der Waals surface area contributed by atoms with Crippen molar-refractivity contribution in [3.8, 4) is 0 Å². The van der Waals surface area contributed by atoms with Gasteiger partial charge in [-0.15, -0.1) is 4.58 Å². The van der Waals surface area contributed by atoms with Crippen LogP contribution in [0.4, 0.5) is 0 Å². The molecule has 1 spiro atoms. The predicted molar refractivity (Wildman–Crippen MR) is 96.3 cm³/mol. The molecule has 0 aromatic carbocycles. The summed E-state index contributed by atoms with van der Waals surface area (Å²) in [4.78, 5) is 0. The van der Waals surface area contributed by atoms with Crippen molar-refractivity contribution in [1.29, 1.82) is 0 Å². The molecule has 0 N–H and O–H groups in total. The van der Waals surface area contributed by atoms with Crippen LogP contribution in [0.3, 0.4) is 0 Å². The molecular weight excluding hydrogens is 306 g/mol. The number of hydrogen-bond acceptors (Lipinski definition) is 0. The van der Waals surface area contributed by atoms with Gasteiger partial charge >= 0.3 is 5.79 Å². The van der Waals surface area contributed by atoms with Gasteiger partial charge in [-0.05, 0) is 60.1 Å². The fourth-order valence-electron chi connectivity index (χ4n) is 5.87. The van der Waals surface area contributed by atoms with Crippen molar-refractivity contribution in [2.24, 2.45) is 0 Å². The van der Waals surface area contributed by atoms with Crippen molar-refractivity contribution in [3.63, 3.8) is 0 Å². The van der Waals surface area contributed by atoms with Gasteiger partial charge in [-0.2, -0.15) is 0 Å². The van der Waals surface area contributed by atoms with Crippen LogP contribution in [0.25, 0.3) is 24.3 Å². The number of rotatable bonds is 0. The normalized spacial score (nSPS) is 27.7. The zero-order valence-corrected chi connectivity index (χ0v) is 13.5. The van der Waals surface area contributed by atoms with E-state index in [4.69, 9.17) is 0 Å². The zero-order chi connectivity index (χ0) is 15.9. The maximum Gasteiger partial charge on any atom is 0.363 e. The molecule has 5 aliphatic heterocycles. The Kier molecular flexibility index (Phi) is 1.47. The first-order chi connectivity index (χ1) is 12.4. The lowest BCUT2D eigenvalue weighted by molar-refractivity contribution is -0.590. The van der Waals surface area contributed by atoms with E-state index in [2.05, 4.69) is 74.4 Å². The van der Waals surface area contributed by atoms with Crippen LogP contribution < -0.4 is 21.4 Å². The SMILES string of the molecule is C1=C2C=c3ccc4n3[C@]35C2=C(C=c2ccc(n23)=CC2=CCC(=[N+]25)C=4)C1. The first-order valence-corrected chi connectivity index (χ1v) is 8.99. The average Bonchev–Trinajstić information content (AvgIpc) is 3.38. The lowest BCUT2D eigenvalue weighted by Crippen LogP contribution is -2.69. The van der Waals surface area contributed by atoms with E-state index in [9.17, 15) is 0 Å². The maximum atomic E-state index is 2.59. The number of nitrogens with zero attached hydrogens (tertiary/aromatic N) is 3. The van der Waals surface area contributed by atoms with Crippen LogP contribution in [0.1, 0.15) is 12.8 Å². The molecule has 0 saturated carbocycles. The van der Waals surface area contributed by atoms with Gasteiger partial charge in [0.1, 0.15) is 0 Å². The second-order valence-corrected chi connectivity index (χ2v) is 7.67. The van der Waals surface area contributed by atoms with Gasteiger partial charge in [0, 0.05) is 12.2 Å². The van der Waals surface area contributed by atoms with Crippen LogP contribution in [0, 0.1) is 0 Å². The van der Waals surface area contributed by atoms with E-state index >= 15 is 0 Å². The van der Waals surface area contributed by atoms with Crippen LogP contribution >= 0.6 is 0 Å². The van der Waals surface area contributed by atoms with Crippen LogP contribution in [0.15, 0.2) is 58.8 Å². The molecule has 0 radical (unpaired) electrons. The number of allylic oxidation sites excluding steroid dienone is 4. The lowest BCUT2D eigenvalue weighted by Gasteiger charge is -2.42. The predicted octanol–water partition coefficient (Wildman–Crippen LogP) is -0.00760. The molecule has 116 valence electrons. The lowest BCUT2D eigenvalue weighted by atomic mass is 9.89. The van der Waals surface area contributed by atoms with Crippen molar-refractivity contribution >= 4 is 30.0 Å². The summed E-state index contributed by atoms with van der Waals surface area (Å²) in [6.45, 7) is 0. The van der Waals surface area contributed by atoms with Gasteiger partial charge < -0.3 is 0 Å². The molecule has 3 heteroatoms. The standard InChI is InChI=1S/C22H14N3/c1-2-14-10-16-4-6-18-12-20-8-7-19-11-17-5-3-15-9-13(1)21(14)22(23(15)17,24(16)18)25(19)20/h1,3-6,8-12H,2,7H2/q+1/t22-/m1/s1. The largest absolute Gasteiger partial charge is 0.363 e. The molecule has 0 saturated heterocycles. The van der Waals surface area contributed by atoms with Gasteiger partial charge in [-0.3, -0.25) is 9.13 Å². The Hall–Kier alpha value is -3.07. The summed E-state index contributed by atoms with van der Waals surface area (Å²) in [5.74, 6) is -0.287. The van der Waals surface area contributed by atoms with E-state index in [0.717, 1.165) is 12.8 Å². The maximum absolute atomic E-state index is 2.59. The van der Waals surface area contributed by atoms with Crippen LogP contribution in [0.2, 0.25) is 0 Å². The van der Waals surface area contributed by atoms with E-state index in [1.165, 1.54) is 49.5 Å². The summed E-state index contributed by atoms with van der Waals surface area (Å²) in [6.07, 6.45) is 16.3. The average molecular weight is 320 g/mol. The van der Waals surface area contributed by atoms with Gasteiger partial charge in [-0.1, -0.05) is 6.08 Å². The van der Waals surface area contributed by atoms with E-state index in [0.29, 0.717) is 0 Å². The third-order valence-corrected chi connectivity index (χ3v) is 6.61. The number of aromatic nitrogens is 2. The summed E-state index contributed by atoms with van der Waals surface area (Å²) >= 11 is 0. The highest BCUT2D eigenvalue weighted by molar-refractivity contribution is 6.09. The smallest absolute Gasteiger partial charge is 0.257 e. The molecule has 1 atom stereocenters. The molecule has 7 heterocycles. The Morgan fingerprint density at radius 3 is 2.32 bits per heavy atom. The molecule has 0 bridgehead atoms. The number of hydrogen-bond donors (Lipinski definition) is 0. The van der Waals surface area contributed by atoms with Crippen molar-refractivity contribution in [3.05, 3.63) is 80.2 Å². The third-order valence-electron chi connectivity index (χ3n) is 6.61. The van der Waals surface area contributed by atoms with Gasteiger partial charge in [0.25, 0.3) is 0 Å². The Morgan fingerprint density at radius 2 is 1.48 bits per heavy atom. The summed E-state index contributed by atoms with van der Waals surface area (Å²) in [5.41, 5.74) is 7.12. The first kappa shape index (κ1) is 11.5. The minimum atomic E-state index is -0.287. The van der Waals surface area contributed by atoms with Gasteiger partial charge in [0.05, 0.1) is 33.4 Å². The van der Waals surface area contributed by atoms with Crippen molar-refractivity contribution in [2.75, 3.05) is 0 Å². The Balaban J connectivity index is 1.81. The molecule has 0 unspecified atom stereocenters. The molecule has 2 aromatic rings. The zero-order valence-electron chi connectivity index (χ0n) is 13.5. The molecule has 1 aliphatic carbocycles. The Morgan fingerprint density at radius 1 is 0.760 bits per heavy atom. The summed E-state index contributed by atoms with van der Waals surface area (Å²) in [7, 11) is 0. The summed E-state index contributed by atoms with van der Waals surface area (Å²) < 4.78 is 7.70. The minimum Gasteiger partial charge on any atom is -0.257 e. The monoisotopic (exact) mass is 320 g/mol. The summed E-state index contributed by atoms with van der Waals surface area (Å²) in [5, 5.41) is 5.25. The minimum absolute atomic E-state index is 0.287. The summed E-state index contributed by atoms with van der Waals surface area (Å²) in [6, 6.07) is 9.12. The van der Waals surface area contributed by atoms with Gasteiger partial charge in [-0.25, -0.2) is 0 Å². The third kappa shape index (κ3) is 0.948. The van der Waals surface area contributed by atoms with Gasteiger partial charge in [0.2, 0.25) is 5.70 Å². The van der Waals surface area contributed by atoms with E-state index in [1.807, 2.05) is 0 Å². The molecule has 8 rings (SSSR count). The molecular formula is C22H14N3+. The highest BCUT2D eigenvalue weighted by atomic mass is 15.5.